The van der Waals surface area contributed by atoms with E-state index in [0.29, 0.717) is 42.9 Å². The summed E-state index contributed by atoms with van der Waals surface area (Å²) in [4.78, 5) is 23.1. The van der Waals surface area contributed by atoms with Crippen LogP contribution >= 0.6 is 0 Å². The van der Waals surface area contributed by atoms with E-state index in [1.54, 1.807) is 16.7 Å². The fraction of sp³-hybridized carbons (Fsp3) is 0.652. The van der Waals surface area contributed by atoms with E-state index in [-0.39, 0.29) is 24.3 Å². The SMILES string of the molecule is C=Cc1cc2nc(N3CC(CNC(=O)OC(C)(C)C)C3)nc(NCCS(=O)(=O)NC3CCCC3)n2n1. The molecule has 12 nitrogen and oxygen atoms in total. The Balaban J connectivity index is 1.37. The quantitative estimate of drug-likeness (QED) is 0.429. The second-order valence-electron chi connectivity index (χ2n) is 10.4. The second kappa shape index (κ2) is 10.6. The third-order valence-corrected chi connectivity index (χ3v) is 7.50. The lowest BCUT2D eigenvalue weighted by Crippen LogP contribution is -2.52. The number of ether oxygens (including phenoxy) is 1. The molecule has 3 N–H and O–H groups in total. The molecular weight excluding hydrogens is 484 g/mol. The number of hydrogen-bond acceptors (Lipinski definition) is 9. The number of nitrogens with one attached hydrogen (secondary N) is 3. The van der Waals surface area contributed by atoms with Gasteiger partial charge in [-0.15, -0.1) is 0 Å². The van der Waals surface area contributed by atoms with E-state index in [9.17, 15) is 13.2 Å². The van der Waals surface area contributed by atoms with Crippen molar-refractivity contribution in [3.8, 4) is 0 Å². The zero-order chi connectivity index (χ0) is 25.9. The number of rotatable bonds is 10. The molecule has 4 rings (SSSR count). The minimum Gasteiger partial charge on any atom is -0.444 e. The number of nitrogens with zero attached hydrogens (tertiary/aromatic N) is 5. The molecule has 1 amide bonds. The average molecular weight is 521 g/mol. The van der Waals surface area contributed by atoms with Crippen molar-refractivity contribution in [2.45, 2.75) is 58.1 Å². The zero-order valence-electron chi connectivity index (χ0n) is 21.2. The summed E-state index contributed by atoms with van der Waals surface area (Å²) >= 11 is 0. The van der Waals surface area contributed by atoms with Gasteiger partial charge in [-0.25, -0.2) is 17.9 Å². The first-order valence-electron chi connectivity index (χ1n) is 12.4. The van der Waals surface area contributed by atoms with E-state index in [0.717, 1.165) is 25.7 Å². The first-order chi connectivity index (χ1) is 17.0. The fourth-order valence-electron chi connectivity index (χ4n) is 4.31. The van der Waals surface area contributed by atoms with Gasteiger partial charge in [0.15, 0.2) is 5.65 Å². The van der Waals surface area contributed by atoms with Gasteiger partial charge in [0.05, 0.1) is 11.4 Å². The zero-order valence-corrected chi connectivity index (χ0v) is 22.0. The highest BCUT2D eigenvalue weighted by Crippen LogP contribution is 2.24. The molecule has 0 spiro atoms. The summed E-state index contributed by atoms with van der Waals surface area (Å²) < 4.78 is 34.6. The highest BCUT2D eigenvalue weighted by atomic mass is 32.2. The number of hydrogen-bond donors (Lipinski definition) is 3. The van der Waals surface area contributed by atoms with Crippen molar-refractivity contribution in [2.24, 2.45) is 5.92 Å². The standard InChI is InChI=1S/C23H36N8O4S/c1-5-17-12-19-26-21(30-14-16(15-30)13-25-22(32)35-23(2,3)4)27-20(31(19)28-17)24-10-11-36(33,34)29-18-8-6-7-9-18/h5,12,16,18,29H,1,6-11,13-15H2,2-4H3,(H,25,32)(H,24,26,27). The van der Waals surface area contributed by atoms with Crippen LogP contribution < -0.4 is 20.3 Å². The summed E-state index contributed by atoms with van der Waals surface area (Å²) in [6.07, 6.45) is 5.10. The van der Waals surface area contributed by atoms with E-state index in [1.807, 2.05) is 25.7 Å². The van der Waals surface area contributed by atoms with Crippen LogP contribution in [0.4, 0.5) is 16.7 Å². The molecule has 0 unspecified atom stereocenters. The molecular formula is C23H36N8O4S. The smallest absolute Gasteiger partial charge is 0.407 e. The molecule has 1 aliphatic heterocycles. The Bertz CT molecular complexity index is 1190. The molecule has 2 aliphatic rings. The topological polar surface area (TPSA) is 143 Å². The van der Waals surface area contributed by atoms with Gasteiger partial charge in [-0.2, -0.15) is 19.6 Å². The molecule has 0 bridgehead atoms. The maximum Gasteiger partial charge on any atom is 0.407 e. The van der Waals surface area contributed by atoms with Crippen LogP contribution in [0.2, 0.25) is 0 Å². The van der Waals surface area contributed by atoms with Crippen molar-refractivity contribution in [1.29, 1.82) is 0 Å². The molecule has 36 heavy (non-hydrogen) atoms. The molecule has 3 heterocycles. The van der Waals surface area contributed by atoms with Gasteiger partial charge >= 0.3 is 6.09 Å². The summed E-state index contributed by atoms with van der Waals surface area (Å²) in [5.41, 5.74) is 0.687. The van der Waals surface area contributed by atoms with Crippen LogP contribution in [0.1, 0.15) is 52.1 Å². The van der Waals surface area contributed by atoms with Crippen LogP contribution in [-0.2, 0) is 14.8 Å². The van der Waals surface area contributed by atoms with E-state index >= 15 is 0 Å². The molecule has 2 aromatic heterocycles. The maximum absolute atomic E-state index is 12.5. The Labute approximate surface area is 211 Å². The first-order valence-corrected chi connectivity index (χ1v) is 14.0. The molecule has 0 radical (unpaired) electrons. The van der Waals surface area contributed by atoms with Crippen LogP contribution in [0.15, 0.2) is 12.6 Å². The Morgan fingerprint density at radius 3 is 2.64 bits per heavy atom. The molecule has 13 heteroatoms. The molecule has 1 saturated heterocycles. The largest absolute Gasteiger partial charge is 0.444 e. The van der Waals surface area contributed by atoms with Crippen LogP contribution in [0.3, 0.4) is 0 Å². The van der Waals surface area contributed by atoms with Crippen molar-refractivity contribution in [2.75, 3.05) is 42.1 Å². The van der Waals surface area contributed by atoms with E-state index < -0.39 is 21.7 Å². The molecule has 0 aromatic carbocycles. The van der Waals surface area contributed by atoms with Gasteiger partial charge < -0.3 is 20.3 Å². The van der Waals surface area contributed by atoms with Gasteiger partial charge in [-0.1, -0.05) is 19.4 Å². The van der Waals surface area contributed by atoms with Gasteiger partial charge in [0.1, 0.15) is 5.60 Å². The van der Waals surface area contributed by atoms with Crippen LogP contribution in [0.25, 0.3) is 11.7 Å². The lowest BCUT2D eigenvalue weighted by atomic mass is 10.0. The van der Waals surface area contributed by atoms with Crippen LogP contribution in [0.5, 0.6) is 0 Å². The van der Waals surface area contributed by atoms with E-state index in [2.05, 4.69) is 37.0 Å². The number of alkyl carbamates (subject to hydrolysis) is 1. The molecule has 0 atom stereocenters. The van der Waals surface area contributed by atoms with Gasteiger partial charge in [-0.3, -0.25) is 0 Å². The van der Waals surface area contributed by atoms with E-state index in [4.69, 9.17) is 4.74 Å². The van der Waals surface area contributed by atoms with Crippen LogP contribution in [-0.4, -0.2) is 77.7 Å². The molecule has 198 valence electrons. The highest BCUT2D eigenvalue weighted by Gasteiger charge is 2.30. The van der Waals surface area contributed by atoms with Crippen molar-refractivity contribution >= 4 is 39.7 Å². The summed E-state index contributed by atoms with van der Waals surface area (Å²) in [6.45, 7) is 11.3. The summed E-state index contributed by atoms with van der Waals surface area (Å²) in [6, 6.07) is 1.83. The summed E-state index contributed by atoms with van der Waals surface area (Å²) in [5.74, 6) is 1.10. The monoisotopic (exact) mass is 520 g/mol. The van der Waals surface area contributed by atoms with Gasteiger partial charge in [0.25, 0.3) is 0 Å². The minimum atomic E-state index is -3.40. The summed E-state index contributed by atoms with van der Waals surface area (Å²) in [7, 11) is -3.40. The molecule has 2 aromatic rings. The Morgan fingerprint density at radius 1 is 1.25 bits per heavy atom. The maximum atomic E-state index is 12.5. The first kappa shape index (κ1) is 26.1. The number of sulfonamides is 1. The average Bonchev–Trinajstić information content (AvgIpc) is 3.40. The number of aromatic nitrogens is 4. The van der Waals surface area contributed by atoms with Crippen molar-refractivity contribution in [3.63, 3.8) is 0 Å². The minimum absolute atomic E-state index is 0.0396. The van der Waals surface area contributed by atoms with E-state index in [1.165, 1.54) is 0 Å². The Kier molecular flexibility index (Phi) is 7.69. The lowest BCUT2D eigenvalue weighted by molar-refractivity contribution is 0.0516. The van der Waals surface area contributed by atoms with Crippen molar-refractivity contribution in [3.05, 3.63) is 18.3 Å². The Morgan fingerprint density at radius 2 is 1.97 bits per heavy atom. The van der Waals surface area contributed by atoms with Gasteiger partial charge in [-0.05, 0) is 39.7 Å². The van der Waals surface area contributed by atoms with Crippen molar-refractivity contribution < 1.29 is 17.9 Å². The predicted octanol–water partition coefficient (Wildman–Crippen LogP) is 2.00. The third kappa shape index (κ3) is 6.84. The normalized spacial score (nSPS) is 17.2. The molecule has 2 fully saturated rings. The number of carbonyl (C=O) groups excluding carboxylic acids is 1. The fourth-order valence-corrected chi connectivity index (χ4v) is 5.54. The number of carbonyl (C=O) groups is 1. The number of anilines is 2. The van der Waals surface area contributed by atoms with Crippen LogP contribution in [0, 0.1) is 5.92 Å². The number of amides is 1. The van der Waals surface area contributed by atoms with Crippen molar-refractivity contribution in [1.82, 2.24) is 29.6 Å². The second-order valence-corrected chi connectivity index (χ2v) is 12.3. The summed E-state index contributed by atoms with van der Waals surface area (Å²) in [5, 5.41) is 10.4. The van der Waals surface area contributed by atoms with Gasteiger partial charge in [0.2, 0.25) is 21.9 Å². The van der Waals surface area contributed by atoms with Gasteiger partial charge in [0, 0.05) is 44.2 Å². The predicted molar refractivity (Wildman–Crippen MR) is 138 cm³/mol. The lowest BCUT2D eigenvalue weighted by Gasteiger charge is -2.39. The third-order valence-electron chi connectivity index (χ3n) is 6.07. The molecule has 1 saturated carbocycles. The molecule has 1 aliphatic carbocycles. The number of fused-ring (bicyclic) bond motifs is 1. The highest BCUT2D eigenvalue weighted by molar-refractivity contribution is 7.89. The Hall–Kier alpha value is -2.93.